The monoisotopic (exact) mass is 298 g/mol. The molecule has 1 fully saturated rings. The SMILES string of the molecule is O=C(CNC(=O)C(F)(F)C1(O)CCC1)Nc1ccccc1. The van der Waals surface area contributed by atoms with E-state index < -0.39 is 29.9 Å². The normalized spacial score (nSPS) is 16.7. The van der Waals surface area contributed by atoms with Gasteiger partial charge in [-0.05, 0) is 31.4 Å². The molecule has 2 amide bonds. The van der Waals surface area contributed by atoms with Gasteiger partial charge in [-0.15, -0.1) is 0 Å². The minimum atomic E-state index is -3.89. The van der Waals surface area contributed by atoms with E-state index in [1.807, 2.05) is 5.32 Å². The molecule has 0 heterocycles. The zero-order chi connectivity index (χ0) is 15.5. The van der Waals surface area contributed by atoms with Crippen LogP contribution in [0, 0.1) is 0 Å². The Morgan fingerprint density at radius 3 is 2.38 bits per heavy atom. The minimum Gasteiger partial charge on any atom is -0.383 e. The van der Waals surface area contributed by atoms with Crippen LogP contribution in [0.1, 0.15) is 19.3 Å². The fourth-order valence-corrected chi connectivity index (χ4v) is 2.04. The van der Waals surface area contributed by atoms with Gasteiger partial charge in [-0.1, -0.05) is 18.2 Å². The van der Waals surface area contributed by atoms with Crippen molar-refractivity contribution < 1.29 is 23.5 Å². The standard InChI is InChI=1S/C14H16F2N2O3/c15-14(16,13(21)7-4-8-13)12(20)17-9-11(19)18-10-5-2-1-3-6-10/h1-3,5-6,21H,4,7-9H2,(H,17,20)(H,18,19). The molecule has 0 saturated heterocycles. The minimum absolute atomic E-state index is 0.121. The number of halogens is 2. The Hall–Kier alpha value is -2.02. The highest BCUT2D eigenvalue weighted by molar-refractivity contribution is 5.95. The van der Waals surface area contributed by atoms with E-state index in [2.05, 4.69) is 5.32 Å². The average molecular weight is 298 g/mol. The number of amides is 2. The van der Waals surface area contributed by atoms with Crippen LogP contribution in [-0.2, 0) is 9.59 Å². The van der Waals surface area contributed by atoms with Crippen LogP contribution in [-0.4, -0.2) is 35.0 Å². The lowest BCUT2D eigenvalue weighted by Crippen LogP contribution is -2.61. The van der Waals surface area contributed by atoms with Gasteiger partial charge in [-0.3, -0.25) is 9.59 Å². The number of benzene rings is 1. The van der Waals surface area contributed by atoms with Crippen molar-refractivity contribution in [1.82, 2.24) is 5.32 Å². The summed E-state index contributed by atoms with van der Waals surface area (Å²) < 4.78 is 27.5. The Kier molecular flexibility index (Phi) is 4.22. The molecule has 0 bridgehead atoms. The van der Waals surface area contributed by atoms with Crippen molar-refractivity contribution >= 4 is 17.5 Å². The van der Waals surface area contributed by atoms with Crippen LogP contribution in [0.15, 0.2) is 30.3 Å². The van der Waals surface area contributed by atoms with Crippen molar-refractivity contribution in [2.24, 2.45) is 0 Å². The second-order valence-electron chi connectivity index (χ2n) is 5.06. The van der Waals surface area contributed by atoms with Gasteiger partial charge in [0.15, 0.2) is 0 Å². The van der Waals surface area contributed by atoms with E-state index in [0.29, 0.717) is 12.1 Å². The van der Waals surface area contributed by atoms with E-state index in [1.54, 1.807) is 30.3 Å². The van der Waals surface area contributed by atoms with Crippen LogP contribution in [0.3, 0.4) is 0 Å². The third-order valence-electron chi connectivity index (χ3n) is 3.52. The maximum atomic E-state index is 13.7. The predicted molar refractivity (Wildman–Crippen MR) is 71.8 cm³/mol. The average Bonchev–Trinajstić information content (AvgIpc) is 2.43. The van der Waals surface area contributed by atoms with Gasteiger partial charge in [0.2, 0.25) is 5.91 Å². The van der Waals surface area contributed by atoms with Crippen LogP contribution in [0.5, 0.6) is 0 Å². The summed E-state index contributed by atoms with van der Waals surface area (Å²) >= 11 is 0. The number of carbonyl (C=O) groups excluding carboxylic acids is 2. The molecule has 1 aliphatic carbocycles. The first-order valence-corrected chi connectivity index (χ1v) is 6.58. The number of para-hydroxylation sites is 1. The summed E-state index contributed by atoms with van der Waals surface area (Å²) in [7, 11) is 0. The number of aliphatic hydroxyl groups is 1. The predicted octanol–water partition coefficient (Wildman–Crippen LogP) is 1.29. The van der Waals surface area contributed by atoms with Crippen molar-refractivity contribution in [2.75, 3.05) is 11.9 Å². The summed E-state index contributed by atoms with van der Waals surface area (Å²) in [5.41, 5.74) is -1.78. The highest BCUT2D eigenvalue weighted by Gasteiger charge is 2.61. The number of rotatable bonds is 5. The largest absolute Gasteiger partial charge is 0.383 e. The molecule has 5 nitrogen and oxygen atoms in total. The molecular formula is C14H16F2N2O3. The van der Waals surface area contributed by atoms with Crippen LogP contribution in [0.2, 0.25) is 0 Å². The molecule has 114 valence electrons. The van der Waals surface area contributed by atoms with Crippen LogP contribution >= 0.6 is 0 Å². The first-order chi connectivity index (χ1) is 9.85. The molecule has 0 aliphatic heterocycles. The van der Waals surface area contributed by atoms with Crippen LogP contribution in [0.25, 0.3) is 0 Å². The highest BCUT2D eigenvalue weighted by Crippen LogP contribution is 2.44. The fraction of sp³-hybridized carbons (Fsp3) is 0.429. The van der Waals surface area contributed by atoms with E-state index in [4.69, 9.17) is 0 Å². The first kappa shape index (κ1) is 15.4. The molecule has 0 atom stereocenters. The lowest BCUT2D eigenvalue weighted by atomic mass is 9.75. The molecule has 7 heteroatoms. The van der Waals surface area contributed by atoms with Crippen molar-refractivity contribution in [2.45, 2.75) is 30.8 Å². The topological polar surface area (TPSA) is 78.4 Å². The van der Waals surface area contributed by atoms with Gasteiger partial charge in [0.25, 0.3) is 5.91 Å². The fourth-order valence-electron chi connectivity index (χ4n) is 2.04. The molecule has 0 radical (unpaired) electrons. The van der Waals surface area contributed by atoms with Gasteiger partial charge in [0.1, 0.15) is 5.60 Å². The first-order valence-electron chi connectivity index (χ1n) is 6.58. The molecule has 0 spiro atoms. The molecule has 1 saturated carbocycles. The Labute approximate surface area is 120 Å². The summed E-state index contributed by atoms with van der Waals surface area (Å²) in [6.07, 6.45) is 0.209. The third-order valence-corrected chi connectivity index (χ3v) is 3.52. The lowest BCUT2D eigenvalue weighted by Gasteiger charge is -2.41. The number of alkyl halides is 2. The van der Waals surface area contributed by atoms with Crippen LogP contribution in [0.4, 0.5) is 14.5 Å². The van der Waals surface area contributed by atoms with Crippen molar-refractivity contribution in [1.29, 1.82) is 0 Å². The number of hydrogen-bond acceptors (Lipinski definition) is 3. The molecule has 2 rings (SSSR count). The quantitative estimate of drug-likeness (QED) is 0.766. The highest BCUT2D eigenvalue weighted by atomic mass is 19.3. The Bertz CT molecular complexity index is 530. The Morgan fingerprint density at radius 2 is 1.86 bits per heavy atom. The molecule has 3 N–H and O–H groups in total. The van der Waals surface area contributed by atoms with Gasteiger partial charge >= 0.3 is 5.92 Å². The van der Waals surface area contributed by atoms with E-state index in [1.165, 1.54) is 0 Å². The van der Waals surface area contributed by atoms with Gasteiger partial charge in [0.05, 0.1) is 6.54 Å². The van der Waals surface area contributed by atoms with Crippen molar-refractivity contribution in [3.63, 3.8) is 0 Å². The maximum Gasteiger partial charge on any atom is 0.352 e. The second kappa shape index (κ2) is 5.77. The molecule has 1 aromatic rings. The Morgan fingerprint density at radius 1 is 1.24 bits per heavy atom. The van der Waals surface area contributed by atoms with E-state index in [-0.39, 0.29) is 12.8 Å². The summed E-state index contributed by atoms with van der Waals surface area (Å²) in [5, 5.41) is 13.9. The number of carbonyl (C=O) groups is 2. The molecule has 21 heavy (non-hydrogen) atoms. The van der Waals surface area contributed by atoms with Gasteiger partial charge in [-0.25, -0.2) is 0 Å². The summed E-state index contributed by atoms with van der Waals surface area (Å²) in [6.45, 7) is -0.584. The molecule has 0 unspecified atom stereocenters. The van der Waals surface area contributed by atoms with E-state index >= 15 is 0 Å². The van der Waals surface area contributed by atoms with E-state index in [0.717, 1.165) is 0 Å². The lowest BCUT2D eigenvalue weighted by molar-refractivity contribution is -0.215. The maximum absolute atomic E-state index is 13.7. The number of hydrogen-bond donors (Lipinski definition) is 3. The number of nitrogens with one attached hydrogen (secondary N) is 2. The second-order valence-corrected chi connectivity index (χ2v) is 5.06. The van der Waals surface area contributed by atoms with Crippen molar-refractivity contribution in [3.8, 4) is 0 Å². The molecule has 1 aromatic carbocycles. The van der Waals surface area contributed by atoms with Gasteiger partial charge < -0.3 is 15.7 Å². The van der Waals surface area contributed by atoms with Crippen LogP contribution < -0.4 is 10.6 Å². The smallest absolute Gasteiger partial charge is 0.352 e. The molecule has 1 aliphatic rings. The van der Waals surface area contributed by atoms with Gasteiger partial charge in [-0.2, -0.15) is 8.78 Å². The van der Waals surface area contributed by atoms with Crippen molar-refractivity contribution in [3.05, 3.63) is 30.3 Å². The summed E-state index contributed by atoms with van der Waals surface area (Å²) in [4.78, 5) is 23.0. The Balaban J connectivity index is 1.85. The summed E-state index contributed by atoms with van der Waals surface area (Å²) in [6, 6.07) is 8.43. The van der Waals surface area contributed by atoms with E-state index in [9.17, 15) is 23.5 Å². The number of anilines is 1. The third kappa shape index (κ3) is 3.18. The zero-order valence-electron chi connectivity index (χ0n) is 11.2. The molecular weight excluding hydrogens is 282 g/mol. The molecule has 0 aromatic heterocycles. The zero-order valence-corrected chi connectivity index (χ0v) is 11.2. The summed E-state index contributed by atoms with van der Waals surface area (Å²) in [5.74, 6) is -6.14. The van der Waals surface area contributed by atoms with Gasteiger partial charge in [0, 0.05) is 5.69 Å².